The first-order valence-corrected chi connectivity index (χ1v) is 7.52. The molecular weight excluding hydrogens is 271 g/mol. The van der Waals surface area contributed by atoms with Crippen molar-refractivity contribution in [2.24, 2.45) is 0 Å². The molecule has 0 saturated heterocycles. The summed E-state index contributed by atoms with van der Waals surface area (Å²) in [6, 6.07) is 1.21. The Labute approximate surface area is 125 Å². The van der Waals surface area contributed by atoms with Gasteiger partial charge in [-0.3, -0.25) is 4.79 Å². The van der Waals surface area contributed by atoms with Gasteiger partial charge in [0.1, 0.15) is 11.6 Å². The van der Waals surface area contributed by atoms with Gasteiger partial charge in [0.15, 0.2) is 0 Å². The van der Waals surface area contributed by atoms with Gasteiger partial charge in [0.25, 0.3) is 5.91 Å². The summed E-state index contributed by atoms with van der Waals surface area (Å²) < 4.78 is 13.3. The Balaban J connectivity index is 2.53. The average molecular weight is 296 g/mol. The molecule has 5 nitrogen and oxygen atoms in total. The molecule has 1 rings (SSSR count). The number of amides is 1. The number of nitrogens with one attached hydrogen (secondary N) is 2. The highest BCUT2D eigenvalue weighted by molar-refractivity contribution is 5.98. The van der Waals surface area contributed by atoms with Crippen LogP contribution < -0.4 is 10.6 Å². The highest BCUT2D eigenvalue weighted by Crippen LogP contribution is 2.13. The maximum absolute atomic E-state index is 13.3. The van der Waals surface area contributed by atoms with E-state index in [-0.39, 0.29) is 11.5 Å². The predicted molar refractivity (Wildman–Crippen MR) is 83.1 cm³/mol. The van der Waals surface area contributed by atoms with Crippen LogP contribution in [0.25, 0.3) is 0 Å². The molecule has 0 aliphatic heterocycles. The van der Waals surface area contributed by atoms with E-state index < -0.39 is 5.82 Å². The quantitative estimate of drug-likeness (QED) is 0.685. The smallest absolute Gasteiger partial charge is 0.255 e. The van der Waals surface area contributed by atoms with Crippen molar-refractivity contribution < 1.29 is 9.18 Å². The number of rotatable bonds is 9. The Hall–Kier alpha value is -1.69. The lowest BCUT2D eigenvalue weighted by Gasteiger charge is -2.17. The summed E-state index contributed by atoms with van der Waals surface area (Å²) in [4.78, 5) is 18.3. The Bertz CT molecular complexity index is 449. The molecule has 21 heavy (non-hydrogen) atoms. The van der Waals surface area contributed by atoms with Crippen molar-refractivity contribution in [2.75, 3.05) is 38.0 Å². The summed E-state index contributed by atoms with van der Waals surface area (Å²) in [5.74, 6) is -0.386. The average Bonchev–Trinajstić information content (AvgIpc) is 2.49. The lowest BCUT2D eigenvalue weighted by atomic mass is 10.2. The molecule has 1 amide bonds. The minimum atomic E-state index is -0.509. The Kier molecular flexibility index (Phi) is 7.68. The Morgan fingerprint density at radius 2 is 2.05 bits per heavy atom. The van der Waals surface area contributed by atoms with Crippen molar-refractivity contribution in [3.05, 3.63) is 23.6 Å². The number of nitrogens with zero attached hydrogens (tertiary/aromatic N) is 2. The van der Waals surface area contributed by atoms with E-state index in [1.54, 1.807) is 0 Å². The van der Waals surface area contributed by atoms with Crippen molar-refractivity contribution in [3.63, 3.8) is 0 Å². The normalized spacial score (nSPS) is 10.7. The number of pyridine rings is 1. The molecule has 1 aromatic heterocycles. The van der Waals surface area contributed by atoms with Gasteiger partial charge >= 0.3 is 0 Å². The number of anilines is 1. The number of halogens is 1. The van der Waals surface area contributed by atoms with Crippen LogP contribution in [-0.4, -0.2) is 48.5 Å². The van der Waals surface area contributed by atoms with E-state index in [1.807, 2.05) is 6.92 Å². The molecule has 1 aromatic rings. The van der Waals surface area contributed by atoms with E-state index in [0.29, 0.717) is 18.9 Å². The molecule has 2 N–H and O–H groups in total. The molecule has 0 spiro atoms. The summed E-state index contributed by atoms with van der Waals surface area (Å²) >= 11 is 0. The third kappa shape index (κ3) is 5.67. The van der Waals surface area contributed by atoms with Crippen LogP contribution in [0.2, 0.25) is 0 Å². The summed E-state index contributed by atoms with van der Waals surface area (Å²) in [5.41, 5.74) is 0.250. The van der Waals surface area contributed by atoms with Crippen LogP contribution in [0.3, 0.4) is 0 Å². The van der Waals surface area contributed by atoms with Crippen molar-refractivity contribution in [1.82, 2.24) is 15.2 Å². The summed E-state index contributed by atoms with van der Waals surface area (Å²) in [6.45, 7) is 10.3. The minimum absolute atomic E-state index is 0.250. The molecule has 0 aromatic carbocycles. The predicted octanol–water partition coefficient (Wildman–Crippen LogP) is 2.11. The standard InChI is InChI=1S/C15H25FN4O/c1-4-17-14-13(10-12(16)11-19-14)15(21)18-8-7-9-20(5-2)6-3/h10-11H,4-9H2,1-3H3,(H,17,19)(H,18,21). The van der Waals surface area contributed by atoms with Gasteiger partial charge in [-0.05, 0) is 39.0 Å². The number of aromatic nitrogens is 1. The van der Waals surface area contributed by atoms with Gasteiger partial charge in [-0.25, -0.2) is 9.37 Å². The monoisotopic (exact) mass is 296 g/mol. The summed E-state index contributed by atoms with van der Waals surface area (Å²) in [5, 5.41) is 5.78. The third-order valence-electron chi connectivity index (χ3n) is 3.27. The molecule has 1 heterocycles. The SMILES string of the molecule is CCNc1ncc(F)cc1C(=O)NCCCN(CC)CC. The van der Waals surface area contributed by atoms with Crippen LogP contribution in [0.4, 0.5) is 10.2 Å². The number of carbonyl (C=O) groups excluding carboxylic acids is 1. The third-order valence-corrected chi connectivity index (χ3v) is 3.27. The second-order valence-electron chi connectivity index (χ2n) is 4.72. The first kappa shape index (κ1) is 17.4. The summed E-state index contributed by atoms with van der Waals surface area (Å²) in [6.07, 6.45) is 1.97. The van der Waals surface area contributed by atoms with Crippen LogP contribution in [0, 0.1) is 5.82 Å². The van der Waals surface area contributed by atoms with Gasteiger partial charge in [0.05, 0.1) is 11.8 Å². The molecule has 0 unspecified atom stereocenters. The van der Waals surface area contributed by atoms with Crippen molar-refractivity contribution >= 4 is 11.7 Å². The largest absolute Gasteiger partial charge is 0.370 e. The lowest BCUT2D eigenvalue weighted by Crippen LogP contribution is -2.30. The van der Waals surface area contributed by atoms with E-state index >= 15 is 0 Å². The molecule has 0 atom stereocenters. The molecule has 0 radical (unpaired) electrons. The van der Waals surface area contributed by atoms with Gasteiger partial charge < -0.3 is 15.5 Å². The Morgan fingerprint density at radius 3 is 2.67 bits per heavy atom. The van der Waals surface area contributed by atoms with Crippen LogP contribution in [0.1, 0.15) is 37.6 Å². The molecule has 0 bridgehead atoms. The zero-order valence-electron chi connectivity index (χ0n) is 13.1. The first-order valence-electron chi connectivity index (χ1n) is 7.52. The van der Waals surface area contributed by atoms with Gasteiger partial charge in [-0.15, -0.1) is 0 Å². The van der Waals surface area contributed by atoms with Crippen molar-refractivity contribution in [2.45, 2.75) is 27.2 Å². The van der Waals surface area contributed by atoms with Crippen molar-refractivity contribution in [3.8, 4) is 0 Å². The zero-order valence-corrected chi connectivity index (χ0v) is 13.1. The maximum Gasteiger partial charge on any atom is 0.255 e. The molecule has 0 aliphatic carbocycles. The molecule has 6 heteroatoms. The van der Waals surface area contributed by atoms with Gasteiger partial charge in [-0.2, -0.15) is 0 Å². The Morgan fingerprint density at radius 1 is 1.33 bits per heavy atom. The topological polar surface area (TPSA) is 57.3 Å². The fourth-order valence-electron chi connectivity index (χ4n) is 2.06. The second kappa shape index (κ2) is 9.28. The summed E-state index contributed by atoms with van der Waals surface area (Å²) in [7, 11) is 0. The maximum atomic E-state index is 13.3. The fourth-order valence-corrected chi connectivity index (χ4v) is 2.06. The molecule has 0 aliphatic rings. The van der Waals surface area contributed by atoms with E-state index in [1.165, 1.54) is 6.07 Å². The van der Waals surface area contributed by atoms with Gasteiger partial charge in [-0.1, -0.05) is 13.8 Å². The van der Waals surface area contributed by atoms with Gasteiger partial charge in [0, 0.05) is 13.1 Å². The van der Waals surface area contributed by atoms with Crippen LogP contribution in [0.5, 0.6) is 0 Å². The molecule has 0 saturated carbocycles. The number of carbonyl (C=O) groups is 1. The van der Waals surface area contributed by atoms with Crippen LogP contribution >= 0.6 is 0 Å². The molecule has 0 fully saturated rings. The van der Waals surface area contributed by atoms with Crippen LogP contribution in [0.15, 0.2) is 12.3 Å². The fraction of sp³-hybridized carbons (Fsp3) is 0.600. The first-order chi connectivity index (χ1) is 10.1. The van der Waals surface area contributed by atoms with E-state index in [0.717, 1.165) is 32.3 Å². The molecule has 118 valence electrons. The van der Waals surface area contributed by atoms with E-state index in [4.69, 9.17) is 0 Å². The number of hydrogen-bond donors (Lipinski definition) is 2. The van der Waals surface area contributed by atoms with Crippen molar-refractivity contribution in [1.29, 1.82) is 0 Å². The number of hydrogen-bond acceptors (Lipinski definition) is 4. The van der Waals surface area contributed by atoms with Gasteiger partial charge in [0.2, 0.25) is 0 Å². The highest BCUT2D eigenvalue weighted by Gasteiger charge is 2.13. The van der Waals surface area contributed by atoms with Crippen LogP contribution in [-0.2, 0) is 0 Å². The lowest BCUT2D eigenvalue weighted by molar-refractivity contribution is 0.0952. The molecular formula is C15H25FN4O. The second-order valence-corrected chi connectivity index (χ2v) is 4.72. The highest BCUT2D eigenvalue weighted by atomic mass is 19.1. The van der Waals surface area contributed by atoms with E-state index in [9.17, 15) is 9.18 Å². The minimum Gasteiger partial charge on any atom is -0.370 e. The zero-order chi connectivity index (χ0) is 15.7. The van der Waals surface area contributed by atoms with E-state index in [2.05, 4.69) is 34.4 Å².